The maximum absolute atomic E-state index is 13.8. The highest BCUT2D eigenvalue weighted by Gasteiger charge is 2.81. The van der Waals surface area contributed by atoms with Gasteiger partial charge < -0.3 is 14.4 Å². The molecule has 0 bridgehead atoms. The summed E-state index contributed by atoms with van der Waals surface area (Å²) < 4.78 is 135. The van der Waals surface area contributed by atoms with Crippen LogP contribution in [0.15, 0.2) is 12.1 Å². The Balaban J connectivity index is 6.17. The second-order valence-corrected chi connectivity index (χ2v) is 4.49. The van der Waals surface area contributed by atoms with Crippen LogP contribution in [0.4, 0.5) is 43.9 Å². The lowest BCUT2D eigenvalue weighted by atomic mass is 9.92. The fraction of sp³-hybridized carbons (Fsp3) is 0.800. The van der Waals surface area contributed by atoms with Crippen LogP contribution < -0.4 is 0 Å². The van der Waals surface area contributed by atoms with Gasteiger partial charge in [-0.3, -0.25) is 0 Å². The minimum atomic E-state index is -6.29. The first-order valence-corrected chi connectivity index (χ1v) is 5.47. The number of likely N-dealkylation sites (N-methyl/N-ethyl adjacent to an activating group) is 1. The first kappa shape index (κ1) is 21.8. The fourth-order valence-corrected chi connectivity index (χ4v) is 1.57. The summed E-state index contributed by atoms with van der Waals surface area (Å²) in [5.41, 5.74) is -4.86. The fourth-order valence-electron chi connectivity index (χ4n) is 1.57. The van der Waals surface area contributed by atoms with Crippen LogP contribution in [-0.2, 0) is 9.47 Å². The molecule has 0 saturated carbocycles. The Morgan fingerprint density at radius 2 is 1.35 bits per heavy atom. The monoisotopic (exact) mass is 367 g/mol. The summed E-state index contributed by atoms with van der Waals surface area (Å²) in [5, 5.41) is 0. The predicted molar refractivity (Wildman–Crippen MR) is 55.7 cm³/mol. The molecular formula is C10H11F10NO2. The van der Waals surface area contributed by atoms with Gasteiger partial charge in [0, 0.05) is 13.7 Å². The van der Waals surface area contributed by atoms with Crippen molar-refractivity contribution in [3.63, 3.8) is 0 Å². The molecule has 13 heteroatoms. The number of hydrogen-bond acceptors (Lipinski definition) is 3. The second-order valence-electron chi connectivity index (χ2n) is 4.49. The summed E-state index contributed by atoms with van der Waals surface area (Å²) in [4.78, 5) is 0.433. The number of alkyl halides is 7. The van der Waals surface area contributed by atoms with Gasteiger partial charge in [0.15, 0.2) is 0 Å². The SMILES string of the molecule is COC(CN(C)C)(C(F)(F)F)C(F)(F)C(F)(F)OC(F)=C(F)F. The minimum Gasteiger partial charge on any atom is -0.398 e. The molecule has 0 aromatic carbocycles. The van der Waals surface area contributed by atoms with E-state index in [1.807, 2.05) is 0 Å². The highest BCUT2D eigenvalue weighted by Crippen LogP contribution is 2.53. The molecule has 0 aliphatic carbocycles. The largest absolute Gasteiger partial charge is 0.469 e. The van der Waals surface area contributed by atoms with E-state index >= 15 is 0 Å². The Morgan fingerprint density at radius 1 is 0.913 bits per heavy atom. The summed E-state index contributed by atoms with van der Waals surface area (Å²) in [6.07, 6.45) is -15.9. The van der Waals surface area contributed by atoms with Gasteiger partial charge in [-0.2, -0.15) is 43.9 Å². The van der Waals surface area contributed by atoms with Gasteiger partial charge in [-0.1, -0.05) is 0 Å². The van der Waals surface area contributed by atoms with E-state index in [9.17, 15) is 43.9 Å². The topological polar surface area (TPSA) is 21.7 Å². The van der Waals surface area contributed by atoms with E-state index in [0.717, 1.165) is 14.1 Å². The Kier molecular flexibility index (Phi) is 6.35. The van der Waals surface area contributed by atoms with Crippen LogP contribution >= 0.6 is 0 Å². The van der Waals surface area contributed by atoms with E-state index in [2.05, 4.69) is 9.47 Å². The van der Waals surface area contributed by atoms with Crippen LogP contribution in [0.5, 0.6) is 0 Å². The van der Waals surface area contributed by atoms with E-state index in [1.54, 1.807) is 0 Å². The van der Waals surface area contributed by atoms with Gasteiger partial charge in [-0.25, -0.2) is 0 Å². The third-order valence-electron chi connectivity index (χ3n) is 2.58. The van der Waals surface area contributed by atoms with Crippen molar-refractivity contribution in [1.82, 2.24) is 4.90 Å². The Hall–Kier alpha value is -1.24. The average molecular weight is 367 g/mol. The summed E-state index contributed by atoms with van der Waals surface area (Å²) >= 11 is 0. The quantitative estimate of drug-likeness (QED) is 0.505. The van der Waals surface area contributed by atoms with Crippen molar-refractivity contribution in [2.45, 2.75) is 23.8 Å². The van der Waals surface area contributed by atoms with Gasteiger partial charge >= 0.3 is 30.3 Å². The number of nitrogens with zero attached hydrogens (tertiary/aromatic N) is 1. The maximum Gasteiger partial charge on any atom is 0.469 e. The first-order valence-electron chi connectivity index (χ1n) is 5.47. The molecule has 0 amide bonds. The van der Waals surface area contributed by atoms with Crippen molar-refractivity contribution in [2.24, 2.45) is 0 Å². The number of hydrogen-bond donors (Lipinski definition) is 0. The lowest BCUT2D eigenvalue weighted by Crippen LogP contribution is -2.70. The molecule has 23 heavy (non-hydrogen) atoms. The molecule has 0 aromatic rings. The molecule has 0 spiro atoms. The van der Waals surface area contributed by atoms with E-state index in [-0.39, 0.29) is 7.11 Å². The molecule has 0 saturated heterocycles. The predicted octanol–water partition coefficient (Wildman–Crippen LogP) is 3.78. The molecule has 1 atom stereocenters. The lowest BCUT2D eigenvalue weighted by molar-refractivity contribution is -0.431. The summed E-state index contributed by atoms with van der Waals surface area (Å²) in [6.45, 7) is -1.83. The van der Waals surface area contributed by atoms with Crippen LogP contribution in [0.2, 0.25) is 0 Å². The number of ether oxygens (including phenoxy) is 2. The molecule has 1 unspecified atom stereocenters. The first-order chi connectivity index (χ1) is 10.1. The van der Waals surface area contributed by atoms with Crippen LogP contribution in [-0.4, -0.2) is 56.5 Å². The summed E-state index contributed by atoms with van der Waals surface area (Å²) in [7, 11) is 1.72. The molecule has 3 nitrogen and oxygen atoms in total. The van der Waals surface area contributed by atoms with Gasteiger partial charge in [0.2, 0.25) is 5.60 Å². The average Bonchev–Trinajstić information content (AvgIpc) is 2.32. The smallest absolute Gasteiger partial charge is 0.398 e. The van der Waals surface area contributed by atoms with E-state index in [1.165, 1.54) is 0 Å². The molecule has 0 fully saturated rings. The standard InChI is InChI=1S/C10H11F10NO2/c1-21(2)4-7(22-3,9(16,17)18)8(14,15)10(19,20)23-6(13)5(11)12/h4H2,1-3H3. The zero-order valence-electron chi connectivity index (χ0n) is 11.8. The van der Waals surface area contributed by atoms with Crippen LogP contribution in [0, 0.1) is 0 Å². The van der Waals surface area contributed by atoms with Crippen molar-refractivity contribution >= 4 is 0 Å². The third-order valence-corrected chi connectivity index (χ3v) is 2.58. The van der Waals surface area contributed by atoms with Gasteiger partial charge in [0.1, 0.15) is 0 Å². The molecule has 138 valence electrons. The van der Waals surface area contributed by atoms with Crippen molar-refractivity contribution < 1.29 is 53.4 Å². The summed E-state index contributed by atoms with van der Waals surface area (Å²) in [6, 6.07) is -3.44. The van der Waals surface area contributed by atoms with Crippen LogP contribution in [0.1, 0.15) is 0 Å². The molecule has 0 heterocycles. The minimum absolute atomic E-state index is 0.0584. The van der Waals surface area contributed by atoms with Crippen molar-refractivity contribution in [3.8, 4) is 0 Å². The summed E-state index contributed by atoms with van der Waals surface area (Å²) in [5.74, 6) is -6.26. The number of methoxy groups -OCH3 is 1. The Bertz CT molecular complexity index is 443. The van der Waals surface area contributed by atoms with E-state index in [4.69, 9.17) is 0 Å². The lowest BCUT2D eigenvalue weighted by Gasteiger charge is -2.43. The van der Waals surface area contributed by atoms with E-state index in [0.29, 0.717) is 4.90 Å². The van der Waals surface area contributed by atoms with Crippen LogP contribution in [0.3, 0.4) is 0 Å². The van der Waals surface area contributed by atoms with Crippen molar-refractivity contribution in [1.29, 1.82) is 0 Å². The maximum atomic E-state index is 13.8. The normalized spacial score (nSPS) is 16.3. The highest BCUT2D eigenvalue weighted by molar-refractivity contribution is 5.07. The molecule has 0 N–H and O–H groups in total. The zero-order valence-corrected chi connectivity index (χ0v) is 11.8. The van der Waals surface area contributed by atoms with Crippen LogP contribution in [0.25, 0.3) is 0 Å². The zero-order chi connectivity index (χ0) is 18.9. The number of rotatable bonds is 7. The van der Waals surface area contributed by atoms with Gasteiger partial charge in [0.25, 0.3) is 0 Å². The third kappa shape index (κ3) is 4.00. The van der Waals surface area contributed by atoms with Crippen molar-refractivity contribution in [2.75, 3.05) is 27.7 Å². The van der Waals surface area contributed by atoms with Gasteiger partial charge in [0.05, 0.1) is 0 Å². The number of halogens is 10. The Labute approximate surface area is 123 Å². The second kappa shape index (κ2) is 6.71. The highest BCUT2D eigenvalue weighted by atomic mass is 19.4. The molecule has 0 radical (unpaired) electrons. The Morgan fingerprint density at radius 3 is 1.61 bits per heavy atom. The molecule has 0 aliphatic rings. The van der Waals surface area contributed by atoms with E-state index < -0.39 is 42.4 Å². The van der Waals surface area contributed by atoms with Crippen molar-refractivity contribution in [3.05, 3.63) is 12.1 Å². The molecule has 0 rings (SSSR count). The molecular weight excluding hydrogens is 356 g/mol. The molecule has 0 aromatic heterocycles. The van der Waals surface area contributed by atoms with Gasteiger partial charge in [-0.05, 0) is 14.1 Å². The molecule has 0 aliphatic heterocycles. The van der Waals surface area contributed by atoms with Gasteiger partial charge in [-0.15, -0.1) is 0 Å².